The first-order valence-corrected chi connectivity index (χ1v) is 11.2. The van der Waals surface area contributed by atoms with Crippen LogP contribution in [0.3, 0.4) is 0 Å². The van der Waals surface area contributed by atoms with E-state index in [1.807, 2.05) is 48.8 Å². The Kier molecular flexibility index (Phi) is 5.53. The molecule has 5 nitrogen and oxygen atoms in total. The summed E-state index contributed by atoms with van der Waals surface area (Å²) in [5.74, 6) is 0. The van der Waals surface area contributed by atoms with Gasteiger partial charge in [0.25, 0.3) is 0 Å². The molecule has 1 aliphatic heterocycles. The van der Waals surface area contributed by atoms with Gasteiger partial charge in [-0.2, -0.15) is 0 Å². The lowest BCUT2D eigenvalue weighted by molar-refractivity contribution is 0.302. The Hall–Kier alpha value is -3.03. The molecule has 1 aliphatic rings. The zero-order valence-corrected chi connectivity index (χ0v) is 19.0. The molecule has 4 aromatic rings. The summed E-state index contributed by atoms with van der Waals surface area (Å²) in [5.41, 5.74) is 4.31. The number of benzene rings is 1. The number of halogens is 1. The molecule has 5 rings (SSSR count). The molecule has 0 radical (unpaired) electrons. The van der Waals surface area contributed by atoms with Gasteiger partial charge in [0.1, 0.15) is 0 Å². The minimum Gasteiger partial charge on any atom is -0.352 e. The summed E-state index contributed by atoms with van der Waals surface area (Å²) in [6.45, 7) is 0.664. The van der Waals surface area contributed by atoms with Crippen molar-refractivity contribution >= 4 is 33.3 Å². The standard InChI is InChI=1S/C24H20BrN5S/c25-18-7-3-8-19(14-18)29-13-5-10-21(29)23-22(20-9-1-2-12-27-20)28-24(31)30(23)16-17-6-4-11-26-15-17/h1-15,22-23H,16H2,(H,28,31)/t22-,23-/m1/s1. The SMILES string of the molecule is S=C1N[C@H](c2ccccn2)[C@@H](c2cccn2-c2cccc(Br)c2)N1Cc1cccnc1. The third kappa shape index (κ3) is 3.98. The monoisotopic (exact) mass is 489 g/mol. The van der Waals surface area contributed by atoms with Crippen LogP contribution in [0.1, 0.15) is 29.0 Å². The van der Waals surface area contributed by atoms with Gasteiger partial charge in [0.15, 0.2) is 5.11 Å². The van der Waals surface area contributed by atoms with Crippen LogP contribution >= 0.6 is 28.1 Å². The second-order valence-electron chi connectivity index (χ2n) is 7.40. The van der Waals surface area contributed by atoms with Crippen LogP contribution in [-0.2, 0) is 6.54 Å². The molecular formula is C24H20BrN5S. The van der Waals surface area contributed by atoms with Gasteiger partial charge in [-0.05, 0) is 66.3 Å². The predicted octanol–water partition coefficient (Wildman–Crippen LogP) is 5.20. The van der Waals surface area contributed by atoms with Gasteiger partial charge in [-0.15, -0.1) is 0 Å². The van der Waals surface area contributed by atoms with E-state index >= 15 is 0 Å². The molecular weight excluding hydrogens is 470 g/mol. The maximum absolute atomic E-state index is 5.80. The lowest BCUT2D eigenvalue weighted by Gasteiger charge is -2.29. The maximum atomic E-state index is 5.80. The number of nitrogens with one attached hydrogen (secondary N) is 1. The van der Waals surface area contributed by atoms with Crippen LogP contribution in [0, 0.1) is 0 Å². The van der Waals surface area contributed by atoms with Crippen LogP contribution in [0.5, 0.6) is 0 Å². The number of hydrogen-bond acceptors (Lipinski definition) is 3. The Morgan fingerprint density at radius 1 is 1.00 bits per heavy atom. The Balaban J connectivity index is 1.61. The quantitative estimate of drug-likeness (QED) is 0.390. The molecule has 0 amide bonds. The first-order chi connectivity index (χ1) is 15.2. The van der Waals surface area contributed by atoms with E-state index in [0.717, 1.165) is 27.1 Å². The lowest BCUT2D eigenvalue weighted by Crippen LogP contribution is -2.30. The molecule has 0 spiro atoms. The van der Waals surface area contributed by atoms with E-state index in [-0.39, 0.29) is 12.1 Å². The topological polar surface area (TPSA) is 46.0 Å². The van der Waals surface area contributed by atoms with Crippen LogP contribution in [-0.4, -0.2) is 24.5 Å². The van der Waals surface area contributed by atoms with Crippen LogP contribution in [0.4, 0.5) is 0 Å². The van der Waals surface area contributed by atoms with E-state index in [4.69, 9.17) is 12.2 Å². The number of aromatic nitrogens is 3. The summed E-state index contributed by atoms with van der Waals surface area (Å²) in [6, 6.07) is 22.5. The molecule has 0 unspecified atom stereocenters. The largest absolute Gasteiger partial charge is 0.352 e. The first-order valence-electron chi connectivity index (χ1n) is 10.0. The van der Waals surface area contributed by atoms with Gasteiger partial charge in [0, 0.05) is 47.2 Å². The van der Waals surface area contributed by atoms with Crippen molar-refractivity contribution in [2.75, 3.05) is 0 Å². The molecule has 0 aliphatic carbocycles. The van der Waals surface area contributed by atoms with Crippen LogP contribution in [0.15, 0.2) is 96.0 Å². The third-order valence-corrected chi connectivity index (χ3v) is 6.29. The zero-order chi connectivity index (χ0) is 21.2. The molecule has 2 atom stereocenters. The summed E-state index contributed by atoms with van der Waals surface area (Å²) >= 11 is 9.39. The molecule has 1 aromatic carbocycles. The minimum absolute atomic E-state index is 0.0309. The smallest absolute Gasteiger partial charge is 0.170 e. The fourth-order valence-corrected chi connectivity index (χ4v) is 4.77. The molecule has 1 N–H and O–H groups in total. The molecule has 154 valence electrons. The van der Waals surface area contributed by atoms with Gasteiger partial charge < -0.3 is 14.8 Å². The number of pyridine rings is 2. The molecule has 0 saturated carbocycles. The fourth-order valence-electron chi connectivity index (χ4n) is 4.08. The average Bonchev–Trinajstić information content (AvgIpc) is 3.40. The van der Waals surface area contributed by atoms with Crippen molar-refractivity contribution < 1.29 is 0 Å². The lowest BCUT2D eigenvalue weighted by atomic mass is 10.0. The van der Waals surface area contributed by atoms with Gasteiger partial charge in [-0.3, -0.25) is 9.97 Å². The summed E-state index contributed by atoms with van der Waals surface area (Å²) in [6.07, 6.45) is 7.60. The summed E-state index contributed by atoms with van der Waals surface area (Å²) in [5, 5.41) is 4.24. The van der Waals surface area contributed by atoms with Crippen LogP contribution in [0.25, 0.3) is 5.69 Å². The van der Waals surface area contributed by atoms with Gasteiger partial charge in [-0.1, -0.05) is 34.1 Å². The Morgan fingerprint density at radius 2 is 1.94 bits per heavy atom. The van der Waals surface area contributed by atoms with E-state index in [1.54, 1.807) is 6.20 Å². The van der Waals surface area contributed by atoms with Crippen LogP contribution < -0.4 is 5.32 Å². The minimum atomic E-state index is -0.0637. The molecule has 31 heavy (non-hydrogen) atoms. The molecule has 7 heteroatoms. The van der Waals surface area contributed by atoms with Gasteiger partial charge in [0.2, 0.25) is 0 Å². The second-order valence-corrected chi connectivity index (χ2v) is 8.70. The fraction of sp³-hybridized carbons (Fsp3) is 0.125. The number of rotatable bonds is 5. The van der Waals surface area contributed by atoms with E-state index < -0.39 is 0 Å². The van der Waals surface area contributed by atoms with E-state index in [2.05, 4.69) is 77.2 Å². The van der Waals surface area contributed by atoms with Crippen molar-refractivity contribution in [3.63, 3.8) is 0 Å². The Labute approximate surface area is 194 Å². The van der Waals surface area contributed by atoms with Crippen molar-refractivity contribution in [2.45, 2.75) is 18.6 Å². The number of hydrogen-bond donors (Lipinski definition) is 1. The average molecular weight is 490 g/mol. The summed E-state index contributed by atoms with van der Waals surface area (Å²) < 4.78 is 3.26. The second kappa shape index (κ2) is 8.61. The highest BCUT2D eigenvalue weighted by atomic mass is 79.9. The molecule has 1 fully saturated rings. The van der Waals surface area contributed by atoms with E-state index in [1.165, 1.54) is 0 Å². The molecule has 4 heterocycles. The number of nitrogens with zero attached hydrogens (tertiary/aromatic N) is 4. The van der Waals surface area contributed by atoms with Gasteiger partial charge >= 0.3 is 0 Å². The normalized spacial score (nSPS) is 18.2. The highest BCUT2D eigenvalue weighted by Crippen LogP contribution is 2.40. The molecule has 3 aromatic heterocycles. The Morgan fingerprint density at radius 3 is 2.71 bits per heavy atom. The highest BCUT2D eigenvalue weighted by Gasteiger charge is 2.41. The van der Waals surface area contributed by atoms with Gasteiger partial charge in [0.05, 0.1) is 17.8 Å². The maximum Gasteiger partial charge on any atom is 0.170 e. The molecule has 1 saturated heterocycles. The Bertz CT molecular complexity index is 1190. The van der Waals surface area contributed by atoms with Crippen molar-refractivity contribution in [1.29, 1.82) is 0 Å². The molecule has 0 bridgehead atoms. The summed E-state index contributed by atoms with van der Waals surface area (Å²) in [7, 11) is 0. The van der Waals surface area contributed by atoms with Crippen molar-refractivity contribution in [3.05, 3.63) is 113 Å². The highest BCUT2D eigenvalue weighted by molar-refractivity contribution is 9.10. The zero-order valence-electron chi connectivity index (χ0n) is 16.6. The predicted molar refractivity (Wildman–Crippen MR) is 129 cm³/mol. The van der Waals surface area contributed by atoms with E-state index in [9.17, 15) is 0 Å². The van der Waals surface area contributed by atoms with Crippen LogP contribution in [0.2, 0.25) is 0 Å². The van der Waals surface area contributed by atoms with Crippen molar-refractivity contribution in [3.8, 4) is 5.69 Å². The van der Waals surface area contributed by atoms with E-state index in [0.29, 0.717) is 11.7 Å². The first kappa shape index (κ1) is 19.9. The van der Waals surface area contributed by atoms with Gasteiger partial charge in [-0.25, -0.2) is 0 Å². The number of thiocarbonyl (C=S) groups is 1. The summed E-state index contributed by atoms with van der Waals surface area (Å²) in [4.78, 5) is 11.1. The van der Waals surface area contributed by atoms with Crippen molar-refractivity contribution in [2.24, 2.45) is 0 Å². The van der Waals surface area contributed by atoms with Crippen molar-refractivity contribution in [1.82, 2.24) is 24.8 Å². The third-order valence-electron chi connectivity index (χ3n) is 5.44.